The molecular formula is C16H19ClN6O. The van der Waals surface area contributed by atoms with E-state index in [0.29, 0.717) is 25.2 Å². The summed E-state index contributed by atoms with van der Waals surface area (Å²) in [5.74, 6) is -0.0547. The normalized spacial score (nSPS) is 10.8. The molecule has 0 aromatic carbocycles. The maximum atomic E-state index is 12.4. The van der Waals surface area contributed by atoms with Crippen LogP contribution >= 0.6 is 11.6 Å². The molecule has 0 aliphatic rings. The topological polar surface area (TPSA) is 86.9 Å². The summed E-state index contributed by atoms with van der Waals surface area (Å²) in [5, 5.41) is 14.3. The Morgan fingerprint density at radius 2 is 2.38 bits per heavy atom. The zero-order valence-electron chi connectivity index (χ0n) is 13.3. The summed E-state index contributed by atoms with van der Waals surface area (Å²) < 4.78 is 1.60. The molecule has 0 atom stereocenters. The number of anilines is 1. The highest BCUT2D eigenvalue weighted by Gasteiger charge is 2.19. The second kappa shape index (κ2) is 8.83. The van der Waals surface area contributed by atoms with E-state index >= 15 is 0 Å². The summed E-state index contributed by atoms with van der Waals surface area (Å²) in [5.41, 5.74) is 1.34. The van der Waals surface area contributed by atoms with Crippen molar-refractivity contribution in [3.63, 3.8) is 0 Å². The van der Waals surface area contributed by atoms with Gasteiger partial charge in [0.1, 0.15) is 5.69 Å². The van der Waals surface area contributed by atoms with Crippen LogP contribution in [0.5, 0.6) is 0 Å². The van der Waals surface area contributed by atoms with Crippen LogP contribution in [-0.4, -0.2) is 40.0 Å². The van der Waals surface area contributed by atoms with Gasteiger partial charge in [-0.2, -0.15) is 5.10 Å². The third-order valence-electron chi connectivity index (χ3n) is 3.26. The first-order valence-electron chi connectivity index (χ1n) is 7.52. The molecule has 0 bridgehead atoms. The standard InChI is InChI=1S/C16H19ClN6O/c1-2-22(15(24)6-10-19-9-4-7-18)14-12-23(21-16(14)17)13-5-3-8-20-11-13/h3-5,7-9,11-12,18-19H,2,6,10H2,1H3/b9-4-,18-7?. The van der Waals surface area contributed by atoms with Crippen LogP contribution in [0, 0.1) is 5.41 Å². The Labute approximate surface area is 145 Å². The molecule has 2 N–H and O–H groups in total. The molecule has 0 saturated carbocycles. The molecule has 8 heteroatoms. The predicted octanol–water partition coefficient (Wildman–Crippen LogP) is 2.42. The average molecular weight is 347 g/mol. The Hall–Kier alpha value is -2.67. The molecule has 0 saturated heterocycles. The van der Waals surface area contributed by atoms with Crippen molar-refractivity contribution in [2.45, 2.75) is 13.3 Å². The van der Waals surface area contributed by atoms with Crippen molar-refractivity contribution in [3.8, 4) is 5.69 Å². The molecule has 24 heavy (non-hydrogen) atoms. The molecule has 0 fully saturated rings. The molecule has 2 aromatic heterocycles. The van der Waals surface area contributed by atoms with Crippen molar-refractivity contribution >= 4 is 29.4 Å². The number of nitrogens with one attached hydrogen (secondary N) is 2. The van der Waals surface area contributed by atoms with Gasteiger partial charge in [-0.05, 0) is 31.3 Å². The van der Waals surface area contributed by atoms with Crippen molar-refractivity contribution < 1.29 is 4.79 Å². The lowest BCUT2D eigenvalue weighted by Gasteiger charge is -2.19. The number of aromatic nitrogens is 3. The van der Waals surface area contributed by atoms with Gasteiger partial charge < -0.3 is 15.6 Å². The van der Waals surface area contributed by atoms with E-state index in [1.807, 2.05) is 13.0 Å². The molecule has 126 valence electrons. The minimum Gasteiger partial charge on any atom is -0.390 e. The molecule has 1 amide bonds. The third-order valence-corrected chi connectivity index (χ3v) is 3.53. The van der Waals surface area contributed by atoms with E-state index in [4.69, 9.17) is 17.0 Å². The molecule has 2 heterocycles. The highest BCUT2D eigenvalue weighted by atomic mass is 35.5. The van der Waals surface area contributed by atoms with E-state index in [2.05, 4.69) is 15.4 Å². The van der Waals surface area contributed by atoms with Gasteiger partial charge in [0.25, 0.3) is 0 Å². The van der Waals surface area contributed by atoms with Crippen molar-refractivity contribution in [1.82, 2.24) is 20.1 Å². The number of pyridine rings is 1. The number of carbonyl (C=O) groups is 1. The maximum Gasteiger partial charge on any atom is 0.228 e. The first-order chi connectivity index (χ1) is 11.7. The van der Waals surface area contributed by atoms with Crippen LogP contribution in [0.2, 0.25) is 5.15 Å². The second-order valence-corrected chi connectivity index (χ2v) is 5.19. The molecule has 2 aromatic rings. The van der Waals surface area contributed by atoms with Crippen LogP contribution in [0.3, 0.4) is 0 Å². The fourth-order valence-electron chi connectivity index (χ4n) is 2.14. The summed E-state index contributed by atoms with van der Waals surface area (Å²) in [6, 6.07) is 3.67. The van der Waals surface area contributed by atoms with Crippen LogP contribution < -0.4 is 10.2 Å². The van der Waals surface area contributed by atoms with E-state index in [0.717, 1.165) is 5.69 Å². The van der Waals surface area contributed by atoms with E-state index in [1.54, 1.807) is 46.5 Å². The highest BCUT2D eigenvalue weighted by molar-refractivity contribution is 6.32. The monoisotopic (exact) mass is 346 g/mol. The van der Waals surface area contributed by atoms with Gasteiger partial charge in [0.2, 0.25) is 5.91 Å². The minimum atomic E-state index is -0.0547. The quantitative estimate of drug-likeness (QED) is 0.567. The van der Waals surface area contributed by atoms with Gasteiger partial charge in [-0.3, -0.25) is 9.78 Å². The lowest BCUT2D eigenvalue weighted by atomic mass is 10.3. The number of carbonyl (C=O) groups excluding carboxylic acids is 1. The molecule has 0 aliphatic carbocycles. The average Bonchev–Trinajstić information content (AvgIpc) is 2.98. The SMILES string of the molecule is CCN(C(=O)CCN/C=C\C=N)c1cn(-c2cccnc2)nc1Cl. The van der Waals surface area contributed by atoms with Gasteiger partial charge in [0.05, 0.1) is 18.1 Å². The van der Waals surface area contributed by atoms with E-state index in [-0.39, 0.29) is 11.1 Å². The first-order valence-corrected chi connectivity index (χ1v) is 7.90. The molecule has 0 radical (unpaired) electrons. The van der Waals surface area contributed by atoms with Crippen LogP contribution in [0.1, 0.15) is 13.3 Å². The number of hydrogen-bond donors (Lipinski definition) is 2. The largest absolute Gasteiger partial charge is 0.390 e. The van der Waals surface area contributed by atoms with Gasteiger partial charge in [-0.25, -0.2) is 4.68 Å². The smallest absolute Gasteiger partial charge is 0.228 e. The van der Waals surface area contributed by atoms with Crippen LogP contribution in [0.15, 0.2) is 43.0 Å². The molecule has 0 aliphatic heterocycles. The van der Waals surface area contributed by atoms with E-state index < -0.39 is 0 Å². The summed E-state index contributed by atoms with van der Waals surface area (Å²) >= 11 is 6.22. The molecule has 0 spiro atoms. The van der Waals surface area contributed by atoms with Gasteiger partial charge >= 0.3 is 0 Å². The van der Waals surface area contributed by atoms with Gasteiger partial charge in [0.15, 0.2) is 5.15 Å². The number of halogens is 1. The molecule has 2 rings (SSSR count). The summed E-state index contributed by atoms with van der Waals surface area (Å²) in [6.45, 7) is 2.86. The third kappa shape index (κ3) is 4.42. The molecular weight excluding hydrogens is 328 g/mol. The van der Waals surface area contributed by atoms with Crippen molar-refractivity contribution in [2.24, 2.45) is 0 Å². The molecule has 7 nitrogen and oxygen atoms in total. The molecule has 0 unspecified atom stereocenters. The van der Waals surface area contributed by atoms with Gasteiger partial charge in [-0.15, -0.1) is 0 Å². The Kier molecular flexibility index (Phi) is 6.51. The number of nitrogens with zero attached hydrogens (tertiary/aromatic N) is 4. The van der Waals surface area contributed by atoms with Crippen LogP contribution in [-0.2, 0) is 4.79 Å². The van der Waals surface area contributed by atoms with E-state index in [9.17, 15) is 4.79 Å². The first kappa shape index (κ1) is 17.7. The fraction of sp³-hybridized carbons (Fsp3) is 0.250. The lowest BCUT2D eigenvalue weighted by molar-refractivity contribution is -0.118. The summed E-state index contributed by atoms with van der Waals surface area (Å²) in [6.07, 6.45) is 9.73. The zero-order chi connectivity index (χ0) is 17.4. The number of rotatable bonds is 8. The summed E-state index contributed by atoms with van der Waals surface area (Å²) in [4.78, 5) is 18.1. The zero-order valence-corrected chi connectivity index (χ0v) is 14.1. The highest BCUT2D eigenvalue weighted by Crippen LogP contribution is 2.26. The minimum absolute atomic E-state index is 0.0547. The Morgan fingerprint density at radius 1 is 1.54 bits per heavy atom. The Bertz CT molecular complexity index is 713. The number of hydrogen-bond acceptors (Lipinski definition) is 5. The van der Waals surface area contributed by atoms with Crippen LogP contribution in [0.25, 0.3) is 5.69 Å². The number of allylic oxidation sites excluding steroid dienone is 1. The van der Waals surface area contributed by atoms with Crippen molar-refractivity contribution in [1.29, 1.82) is 5.41 Å². The van der Waals surface area contributed by atoms with Crippen molar-refractivity contribution in [3.05, 3.63) is 48.2 Å². The van der Waals surface area contributed by atoms with Gasteiger partial charge in [-0.1, -0.05) is 11.6 Å². The maximum absolute atomic E-state index is 12.4. The van der Waals surface area contributed by atoms with Crippen LogP contribution in [0.4, 0.5) is 5.69 Å². The predicted molar refractivity (Wildman–Crippen MR) is 94.9 cm³/mol. The summed E-state index contributed by atoms with van der Waals surface area (Å²) in [7, 11) is 0. The fourth-order valence-corrected chi connectivity index (χ4v) is 2.37. The van der Waals surface area contributed by atoms with E-state index in [1.165, 1.54) is 6.21 Å². The second-order valence-electron chi connectivity index (χ2n) is 4.83. The van der Waals surface area contributed by atoms with Gasteiger partial charge in [0, 0.05) is 31.9 Å². The van der Waals surface area contributed by atoms with Crippen molar-refractivity contribution in [2.75, 3.05) is 18.0 Å². The Balaban J connectivity index is 2.10. The lowest BCUT2D eigenvalue weighted by Crippen LogP contribution is -2.32. The Morgan fingerprint density at radius 3 is 3.04 bits per heavy atom. The number of amides is 1.